The molecular formula is C20H36N2O3. The highest BCUT2D eigenvalue weighted by Gasteiger charge is 2.25. The summed E-state index contributed by atoms with van der Waals surface area (Å²) in [6.45, 7) is 10.4. The summed E-state index contributed by atoms with van der Waals surface area (Å²) >= 11 is 0. The standard InChI is InChI=1S/C20H36N2O3/c1-16(2)25-15-20(24)22-12-8-19(9-13-22)5-4-18-6-10-21(11-7-18)14-17(3)23/h16,18-19H,4-15H2,1-3H3. The van der Waals surface area contributed by atoms with Gasteiger partial charge in [0.15, 0.2) is 0 Å². The summed E-state index contributed by atoms with van der Waals surface area (Å²) in [6, 6.07) is 0. The minimum absolute atomic E-state index is 0.114. The molecule has 5 nitrogen and oxygen atoms in total. The lowest BCUT2D eigenvalue weighted by Gasteiger charge is -2.34. The van der Waals surface area contributed by atoms with E-state index < -0.39 is 0 Å². The highest BCUT2D eigenvalue weighted by Crippen LogP contribution is 2.28. The van der Waals surface area contributed by atoms with E-state index in [1.165, 1.54) is 25.7 Å². The monoisotopic (exact) mass is 352 g/mol. The van der Waals surface area contributed by atoms with Gasteiger partial charge >= 0.3 is 0 Å². The number of rotatable bonds is 8. The average Bonchev–Trinajstić information content (AvgIpc) is 2.59. The van der Waals surface area contributed by atoms with Crippen LogP contribution in [0.5, 0.6) is 0 Å². The van der Waals surface area contributed by atoms with Crippen LogP contribution in [0.4, 0.5) is 0 Å². The number of nitrogens with zero attached hydrogens (tertiary/aromatic N) is 2. The molecule has 0 bridgehead atoms. The summed E-state index contributed by atoms with van der Waals surface area (Å²) in [6.07, 6.45) is 7.45. The van der Waals surface area contributed by atoms with Crippen molar-refractivity contribution in [2.24, 2.45) is 11.8 Å². The van der Waals surface area contributed by atoms with Crippen LogP contribution in [0, 0.1) is 11.8 Å². The second-order valence-corrected chi connectivity index (χ2v) is 8.18. The molecular weight excluding hydrogens is 316 g/mol. The van der Waals surface area contributed by atoms with Crippen LogP contribution in [0.25, 0.3) is 0 Å². The fraction of sp³-hybridized carbons (Fsp3) is 0.900. The third kappa shape index (κ3) is 7.45. The summed E-state index contributed by atoms with van der Waals surface area (Å²) < 4.78 is 5.43. The zero-order valence-electron chi connectivity index (χ0n) is 16.3. The Labute approximate surface area is 153 Å². The summed E-state index contributed by atoms with van der Waals surface area (Å²) in [5.41, 5.74) is 0. The maximum Gasteiger partial charge on any atom is 0.248 e. The van der Waals surface area contributed by atoms with Crippen LogP contribution in [-0.4, -0.2) is 66.9 Å². The van der Waals surface area contributed by atoms with E-state index in [4.69, 9.17) is 4.74 Å². The predicted molar refractivity (Wildman–Crippen MR) is 99.5 cm³/mol. The number of carbonyl (C=O) groups excluding carboxylic acids is 2. The summed E-state index contributed by atoms with van der Waals surface area (Å²) in [5.74, 6) is 2.01. The van der Waals surface area contributed by atoms with Crippen molar-refractivity contribution in [1.82, 2.24) is 9.80 Å². The van der Waals surface area contributed by atoms with Gasteiger partial charge in [0.2, 0.25) is 5.91 Å². The number of carbonyl (C=O) groups is 2. The molecule has 0 N–H and O–H groups in total. The SMILES string of the molecule is CC(=O)CN1CCC(CCC2CCN(C(=O)COC(C)C)CC2)CC1. The number of piperidine rings is 2. The molecule has 25 heavy (non-hydrogen) atoms. The Morgan fingerprint density at radius 1 is 0.960 bits per heavy atom. The van der Waals surface area contributed by atoms with Crippen molar-refractivity contribution < 1.29 is 14.3 Å². The summed E-state index contributed by atoms with van der Waals surface area (Å²) in [5, 5.41) is 0. The Morgan fingerprint density at radius 2 is 1.48 bits per heavy atom. The van der Waals surface area contributed by atoms with Gasteiger partial charge in [-0.1, -0.05) is 12.8 Å². The molecule has 0 aromatic heterocycles. The molecule has 0 aliphatic carbocycles. The summed E-state index contributed by atoms with van der Waals surface area (Å²) in [7, 11) is 0. The van der Waals surface area contributed by atoms with E-state index in [1.54, 1.807) is 6.92 Å². The molecule has 1 amide bonds. The Balaban J connectivity index is 1.58. The molecule has 2 fully saturated rings. The van der Waals surface area contributed by atoms with Crippen molar-refractivity contribution in [1.29, 1.82) is 0 Å². The smallest absolute Gasteiger partial charge is 0.248 e. The topological polar surface area (TPSA) is 49.9 Å². The number of ether oxygens (including phenoxy) is 1. The van der Waals surface area contributed by atoms with E-state index in [-0.39, 0.29) is 24.4 Å². The third-order valence-corrected chi connectivity index (χ3v) is 5.64. The van der Waals surface area contributed by atoms with Gasteiger partial charge in [0.25, 0.3) is 0 Å². The maximum atomic E-state index is 12.1. The molecule has 0 aromatic rings. The van der Waals surface area contributed by atoms with Gasteiger partial charge in [0, 0.05) is 13.1 Å². The van der Waals surface area contributed by atoms with Crippen LogP contribution in [0.1, 0.15) is 59.3 Å². The van der Waals surface area contributed by atoms with E-state index in [0.717, 1.165) is 50.9 Å². The molecule has 2 heterocycles. The minimum atomic E-state index is 0.114. The molecule has 0 aromatic carbocycles. The predicted octanol–water partition coefficient (Wildman–Crippen LogP) is 2.73. The van der Waals surface area contributed by atoms with Gasteiger partial charge < -0.3 is 9.64 Å². The Morgan fingerprint density at radius 3 is 1.96 bits per heavy atom. The summed E-state index contributed by atoms with van der Waals surface area (Å²) in [4.78, 5) is 27.6. The molecule has 0 saturated carbocycles. The number of ketones is 1. The first-order chi connectivity index (χ1) is 11.9. The first-order valence-electron chi connectivity index (χ1n) is 10.0. The molecule has 0 spiro atoms. The van der Waals surface area contributed by atoms with Gasteiger partial charge in [-0.2, -0.15) is 0 Å². The normalized spacial score (nSPS) is 21.0. The second-order valence-electron chi connectivity index (χ2n) is 8.18. The van der Waals surface area contributed by atoms with Crippen molar-refractivity contribution in [3.8, 4) is 0 Å². The van der Waals surface area contributed by atoms with Gasteiger partial charge in [-0.15, -0.1) is 0 Å². The van der Waals surface area contributed by atoms with Gasteiger partial charge in [-0.25, -0.2) is 0 Å². The van der Waals surface area contributed by atoms with Crippen LogP contribution >= 0.6 is 0 Å². The number of likely N-dealkylation sites (tertiary alicyclic amines) is 2. The Kier molecular flexibility index (Phi) is 8.37. The van der Waals surface area contributed by atoms with Gasteiger partial charge in [0.05, 0.1) is 12.6 Å². The highest BCUT2D eigenvalue weighted by atomic mass is 16.5. The first kappa shape index (κ1) is 20.4. The van der Waals surface area contributed by atoms with E-state index >= 15 is 0 Å². The lowest BCUT2D eigenvalue weighted by atomic mass is 9.85. The van der Waals surface area contributed by atoms with Crippen LogP contribution in [-0.2, 0) is 14.3 Å². The Bertz CT molecular complexity index is 423. The highest BCUT2D eigenvalue weighted by molar-refractivity contribution is 5.77. The zero-order chi connectivity index (χ0) is 18.2. The van der Waals surface area contributed by atoms with E-state index in [2.05, 4.69) is 4.90 Å². The lowest BCUT2D eigenvalue weighted by molar-refractivity contribution is -0.139. The molecule has 2 aliphatic heterocycles. The van der Waals surface area contributed by atoms with Crippen LogP contribution in [0.3, 0.4) is 0 Å². The van der Waals surface area contributed by atoms with Crippen molar-refractivity contribution in [2.45, 2.75) is 65.4 Å². The average molecular weight is 353 g/mol. The fourth-order valence-electron chi connectivity index (χ4n) is 4.02. The molecule has 2 aliphatic rings. The third-order valence-electron chi connectivity index (χ3n) is 5.64. The van der Waals surface area contributed by atoms with E-state index in [0.29, 0.717) is 6.54 Å². The van der Waals surface area contributed by atoms with Crippen molar-refractivity contribution >= 4 is 11.7 Å². The molecule has 2 saturated heterocycles. The van der Waals surface area contributed by atoms with Gasteiger partial charge in [0.1, 0.15) is 12.4 Å². The second kappa shape index (κ2) is 10.3. The number of amides is 1. The molecule has 0 unspecified atom stereocenters. The quantitative estimate of drug-likeness (QED) is 0.674. The lowest BCUT2D eigenvalue weighted by Crippen LogP contribution is -2.41. The van der Waals surface area contributed by atoms with E-state index in [1.807, 2.05) is 18.7 Å². The van der Waals surface area contributed by atoms with E-state index in [9.17, 15) is 9.59 Å². The van der Waals surface area contributed by atoms with Gasteiger partial charge in [-0.3, -0.25) is 14.5 Å². The largest absolute Gasteiger partial charge is 0.369 e. The fourth-order valence-corrected chi connectivity index (χ4v) is 4.02. The molecule has 5 heteroatoms. The van der Waals surface area contributed by atoms with Crippen molar-refractivity contribution in [3.05, 3.63) is 0 Å². The van der Waals surface area contributed by atoms with Crippen LogP contribution in [0.15, 0.2) is 0 Å². The first-order valence-corrected chi connectivity index (χ1v) is 10.0. The molecule has 0 atom stereocenters. The van der Waals surface area contributed by atoms with Gasteiger partial charge in [-0.05, 0) is 71.4 Å². The molecule has 2 rings (SSSR count). The van der Waals surface area contributed by atoms with Crippen LogP contribution in [0.2, 0.25) is 0 Å². The Hall–Kier alpha value is -0.940. The zero-order valence-corrected chi connectivity index (χ0v) is 16.3. The molecule has 144 valence electrons. The minimum Gasteiger partial charge on any atom is -0.369 e. The number of Topliss-reactive ketones (excluding diaryl/α,β-unsaturated/α-hetero) is 1. The molecule has 0 radical (unpaired) electrons. The van der Waals surface area contributed by atoms with Crippen molar-refractivity contribution in [3.63, 3.8) is 0 Å². The number of hydrogen-bond acceptors (Lipinski definition) is 4. The number of hydrogen-bond donors (Lipinski definition) is 0. The maximum absolute atomic E-state index is 12.1. The van der Waals surface area contributed by atoms with Crippen LogP contribution < -0.4 is 0 Å². The van der Waals surface area contributed by atoms with Crippen molar-refractivity contribution in [2.75, 3.05) is 39.3 Å².